The summed E-state index contributed by atoms with van der Waals surface area (Å²) in [5, 5.41) is 26.2. The summed E-state index contributed by atoms with van der Waals surface area (Å²) in [4.78, 5) is 33.7. The fraction of sp³-hybridized carbons (Fsp3) is 0.357. The molecule has 1 rings (SSSR count). The highest BCUT2D eigenvalue weighted by molar-refractivity contribution is 5.88. The van der Waals surface area contributed by atoms with Gasteiger partial charge in [0.1, 0.15) is 0 Å². The summed E-state index contributed by atoms with van der Waals surface area (Å²) >= 11 is 0. The van der Waals surface area contributed by atoms with E-state index in [1.807, 2.05) is 0 Å². The molecule has 0 bridgehead atoms. The molecule has 0 heterocycles. The van der Waals surface area contributed by atoms with Crippen molar-refractivity contribution in [1.82, 2.24) is 0 Å². The van der Waals surface area contributed by atoms with E-state index in [4.69, 9.17) is 15.3 Å². The summed E-state index contributed by atoms with van der Waals surface area (Å²) in [5.41, 5.74) is 0.814. The van der Waals surface area contributed by atoms with Crippen molar-refractivity contribution in [3.8, 4) is 0 Å². The minimum atomic E-state index is -1.04. The lowest BCUT2D eigenvalue weighted by atomic mass is 10.1. The molecule has 0 spiro atoms. The number of carboxylic acids is 3. The minimum Gasteiger partial charge on any atom is -0.481 e. The number of carboxylic acid groups (broad SMARTS) is 3. The van der Waals surface area contributed by atoms with Crippen LogP contribution in [0.15, 0.2) is 24.3 Å². The SMILES string of the molecule is O=C(O)CCCN(CCC(=O)O)c1ccc(C(=O)O)cc1. The van der Waals surface area contributed by atoms with Crippen LogP contribution in [0.25, 0.3) is 0 Å². The monoisotopic (exact) mass is 295 g/mol. The van der Waals surface area contributed by atoms with E-state index in [0.29, 0.717) is 18.7 Å². The molecule has 3 N–H and O–H groups in total. The van der Waals surface area contributed by atoms with Gasteiger partial charge in [0.15, 0.2) is 0 Å². The average Bonchev–Trinajstić information content (AvgIpc) is 2.42. The first-order valence-corrected chi connectivity index (χ1v) is 6.42. The van der Waals surface area contributed by atoms with E-state index in [-0.39, 0.29) is 24.9 Å². The third kappa shape index (κ3) is 5.94. The summed E-state index contributed by atoms with van der Waals surface area (Å²) in [6, 6.07) is 6.05. The first-order valence-electron chi connectivity index (χ1n) is 6.42. The van der Waals surface area contributed by atoms with Crippen molar-refractivity contribution in [2.75, 3.05) is 18.0 Å². The van der Waals surface area contributed by atoms with Crippen LogP contribution in [0.4, 0.5) is 5.69 Å². The van der Waals surface area contributed by atoms with Gasteiger partial charge in [0.05, 0.1) is 12.0 Å². The van der Waals surface area contributed by atoms with Gasteiger partial charge in [0.2, 0.25) is 0 Å². The van der Waals surface area contributed by atoms with E-state index in [2.05, 4.69) is 0 Å². The quantitative estimate of drug-likeness (QED) is 0.632. The Bertz CT molecular complexity index is 511. The molecule has 0 amide bonds. The smallest absolute Gasteiger partial charge is 0.335 e. The predicted molar refractivity (Wildman–Crippen MR) is 74.7 cm³/mol. The van der Waals surface area contributed by atoms with E-state index in [0.717, 1.165) is 0 Å². The second-order valence-electron chi connectivity index (χ2n) is 4.48. The first kappa shape index (κ1) is 16.5. The molecule has 0 saturated heterocycles. The van der Waals surface area contributed by atoms with Gasteiger partial charge in [0, 0.05) is 25.2 Å². The number of anilines is 1. The van der Waals surface area contributed by atoms with Crippen molar-refractivity contribution in [3.63, 3.8) is 0 Å². The average molecular weight is 295 g/mol. The lowest BCUT2D eigenvalue weighted by Gasteiger charge is -2.24. The molecule has 0 fully saturated rings. The fourth-order valence-corrected chi connectivity index (χ4v) is 1.84. The Morgan fingerprint density at radius 2 is 1.43 bits per heavy atom. The Kier molecular flexibility index (Phi) is 6.19. The molecule has 0 atom stereocenters. The molecule has 21 heavy (non-hydrogen) atoms. The minimum absolute atomic E-state index is 0.00319. The Labute approximate surface area is 121 Å². The summed E-state index contributed by atoms with van der Waals surface area (Å²) in [6.45, 7) is 0.632. The molecule has 0 aliphatic carbocycles. The Morgan fingerprint density at radius 3 is 1.90 bits per heavy atom. The van der Waals surface area contributed by atoms with Gasteiger partial charge in [-0.2, -0.15) is 0 Å². The van der Waals surface area contributed by atoms with Crippen LogP contribution in [0, 0.1) is 0 Å². The third-order valence-electron chi connectivity index (χ3n) is 2.89. The van der Waals surface area contributed by atoms with Crippen LogP contribution >= 0.6 is 0 Å². The molecular formula is C14H17NO6. The number of hydrogen-bond donors (Lipinski definition) is 3. The maximum absolute atomic E-state index is 10.8. The number of carbonyl (C=O) groups is 3. The van der Waals surface area contributed by atoms with Gasteiger partial charge in [-0.1, -0.05) is 0 Å². The van der Waals surface area contributed by atoms with Crippen LogP contribution < -0.4 is 4.90 Å². The van der Waals surface area contributed by atoms with E-state index >= 15 is 0 Å². The van der Waals surface area contributed by atoms with Gasteiger partial charge in [-0.05, 0) is 30.7 Å². The zero-order valence-electron chi connectivity index (χ0n) is 11.4. The molecule has 0 aliphatic rings. The maximum atomic E-state index is 10.8. The number of hydrogen-bond acceptors (Lipinski definition) is 4. The summed E-state index contributed by atoms with van der Waals surface area (Å²) in [5.74, 6) is -2.89. The Hall–Kier alpha value is -2.57. The summed E-state index contributed by atoms with van der Waals surface area (Å²) in [6.07, 6.45) is 0.306. The van der Waals surface area contributed by atoms with Crippen LogP contribution in [0.2, 0.25) is 0 Å². The maximum Gasteiger partial charge on any atom is 0.335 e. The summed E-state index contributed by atoms with van der Waals surface area (Å²) in [7, 11) is 0. The second kappa shape index (κ2) is 7.88. The van der Waals surface area contributed by atoms with Gasteiger partial charge < -0.3 is 20.2 Å². The van der Waals surface area contributed by atoms with E-state index in [1.54, 1.807) is 17.0 Å². The highest BCUT2D eigenvalue weighted by Gasteiger charge is 2.11. The highest BCUT2D eigenvalue weighted by Crippen LogP contribution is 2.16. The van der Waals surface area contributed by atoms with Crippen molar-refractivity contribution in [3.05, 3.63) is 29.8 Å². The van der Waals surface area contributed by atoms with Crippen molar-refractivity contribution in [1.29, 1.82) is 0 Å². The van der Waals surface area contributed by atoms with E-state index < -0.39 is 17.9 Å². The zero-order chi connectivity index (χ0) is 15.8. The van der Waals surface area contributed by atoms with Crippen LogP contribution in [0.5, 0.6) is 0 Å². The first-order chi connectivity index (χ1) is 9.90. The molecule has 1 aromatic rings. The zero-order valence-corrected chi connectivity index (χ0v) is 11.4. The van der Waals surface area contributed by atoms with Gasteiger partial charge in [-0.25, -0.2) is 4.79 Å². The normalized spacial score (nSPS) is 10.1. The third-order valence-corrected chi connectivity index (χ3v) is 2.89. The van der Waals surface area contributed by atoms with Crippen LogP contribution in [0.1, 0.15) is 29.6 Å². The van der Waals surface area contributed by atoms with Gasteiger partial charge in [-0.3, -0.25) is 9.59 Å². The molecular weight excluding hydrogens is 278 g/mol. The molecule has 0 radical (unpaired) electrons. The predicted octanol–water partition coefficient (Wildman–Crippen LogP) is 1.53. The van der Waals surface area contributed by atoms with Crippen molar-refractivity contribution < 1.29 is 29.7 Å². The molecule has 0 aromatic heterocycles. The lowest BCUT2D eigenvalue weighted by molar-refractivity contribution is -0.138. The number of aromatic carboxylic acids is 1. The Morgan fingerprint density at radius 1 is 0.857 bits per heavy atom. The number of benzene rings is 1. The molecule has 0 unspecified atom stereocenters. The van der Waals surface area contributed by atoms with Crippen molar-refractivity contribution in [2.24, 2.45) is 0 Å². The fourth-order valence-electron chi connectivity index (χ4n) is 1.84. The van der Waals surface area contributed by atoms with Crippen LogP contribution in [0.3, 0.4) is 0 Å². The van der Waals surface area contributed by atoms with Gasteiger partial charge in [0.25, 0.3) is 0 Å². The lowest BCUT2D eigenvalue weighted by Crippen LogP contribution is -2.27. The largest absolute Gasteiger partial charge is 0.481 e. The number of aliphatic carboxylic acids is 2. The standard InChI is InChI=1S/C14H17NO6/c16-12(17)2-1-8-15(9-7-13(18)19)11-5-3-10(4-6-11)14(20)21/h3-6H,1-2,7-9H2,(H,16,17)(H,18,19)(H,20,21). The number of nitrogens with zero attached hydrogens (tertiary/aromatic N) is 1. The van der Waals surface area contributed by atoms with Crippen molar-refractivity contribution in [2.45, 2.75) is 19.3 Å². The molecule has 114 valence electrons. The van der Waals surface area contributed by atoms with E-state index in [1.165, 1.54) is 12.1 Å². The molecule has 0 saturated carbocycles. The summed E-state index contributed by atoms with van der Waals surface area (Å²) < 4.78 is 0. The topological polar surface area (TPSA) is 115 Å². The van der Waals surface area contributed by atoms with Crippen molar-refractivity contribution >= 4 is 23.6 Å². The number of rotatable bonds is 9. The highest BCUT2D eigenvalue weighted by atomic mass is 16.4. The van der Waals surface area contributed by atoms with Crippen LogP contribution in [-0.2, 0) is 9.59 Å². The van der Waals surface area contributed by atoms with Crippen LogP contribution in [-0.4, -0.2) is 46.3 Å². The van der Waals surface area contributed by atoms with E-state index in [9.17, 15) is 14.4 Å². The molecule has 0 aliphatic heterocycles. The molecule has 7 heteroatoms. The molecule has 7 nitrogen and oxygen atoms in total. The second-order valence-corrected chi connectivity index (χ2v) is 4.48. The van der Waals surface area contributed by atoms with Gasteiger partial charge in [-0.15, -0.1) is 0 Å². The molecule has 1 aromatic carbocycles. The Balaban J connectivity index is 2.75. The van der Waals surface area contributed by atoms with Gasteiger partial charge >= 0.3 is 17.9 Å².